The first kappa shape index (κ1) is 14.3. The minimum atomic E-state index is 0.601. The molecule has 2 heterocycles. The van der Waals surface area contributed by atoms with E-state index in [1.165, 1.54) is 51.6 Å². The number of likely N-dealkylation sites (tertiary alicyclic amines) is 1. The predicted molar refractivity (Wildman–Crippen MR) is 75.6 cm³/mol. The monoisotopic (exact) mass is 254 g/mol. The summed E-state index contributed by atoms with van der Waals surface area (Å²) in [6.45, 7) is 7.55. The van der Waals surface area contributed by atoms with Crippen LogP contribution < -0.4 is 5.73 Å². The van der Waals surface area contributed by atoms with Gasteiger partial charge in [0, 0.05) is 25.8 Å². The fourth-order valence-electron chi connectivity index (χ4n) is 3.67. The Kier molecular flexibility index (Phi) is 5.93. The van der Waals surface area contributed by atoms with Crippen LogP contribution in [0.3, 0.4) is 0 Å². The lowest BCUT2D eigenvalue weighted by Gasteiger charge is -2.37. The summed E-state index contributed by atoms with van der Waals surface area (Å²) >= 11 is 0. The lowest BCUT2D eigenvalue weighted by molar-refractivity contribution is 0.0281. The van der Waals surface area contributed by atoms with Gasteiger partial charge >= 0.3 is 0 Å². The van der Waals surface area contributed by atoms with Gasteiger partial charge in [-0.25, -0.2) is 0 Å². The van der Waals surface area contributed by atoms with Crippen molar-refractivity contribution in [3.63, 3.8) is 0 Å². The lowest BCUT2D eigenvalue weighted by Crippen LogP contribution is -2.47. The van der Waals surface area contributed by atoms with Crippen LogP contribution >= 0.6 is 0 Å². The number of nitrogens with zero attached hydrogens (tertiary/aromatic N) is 1. The molecule has 0 amide bonds. The molecule has 2 saturated heterocycles. The normalized spacial score (nSPS) is 30.0. The molecule has 2 atom stereocenters. The van der Waals surface area contributed by atoms with Gasteiger partial charge in [-0.15, -0.1) is 0 Å². The first-order valence-electron chi connectivity index (χ1n) is 7.87. The van der Waals surface area contributed by atoms with Crippen molar-refractivity contribution in [2.24, 2.45) is 17.6 Å². The van der Waals surface area contributed by atoms with Crippen LogP contribution in [-0.4, -0.2) is 43.8 Å². The maximum absolute atomic E-state index is 6.07. The summed E-state index contributed by atoms with van der Waals surface area (Å²) in [5.41, 5.74) is 6.07. The zero-order valence-corrected chi connectivity index (χ0v) is 11.9. The number of hydrogen-bond acceptors (Lipinski definition) is 3. The van der Waals surface area contributed by atoms with Crippen LogP contribution in [0.2, 0.25) is 0 Å². The van der Waals surface area contributed by atoms with Crippen LogP contribution in [0.25, 0.3) is 0 Å². The van der Waals surface area contributed by atoms with Gasteiger partial charge in [0.2, 0.25) is 0 Å². The van der Waals surface area contributed by atoms with E-state index in [1.807, 2.05) is 0 Å². The van der Waals surface area contributed by atoms with Crippen molar-refractivity contribution in [1.82, 2.24) is 4.90 Å². The Morgan fingerprint density at radius 1 is 1.17 bits per heavy atom. The molecular formula is C15H30N2O. The third-order valence-corrected chi connectivity index (χ3v) is 4.98. The number of ether oxygens (including phenoxy) is 1. The molecule has 0 aromatic carbocycles. The smallest absolute Gasteiger partial charge is 0.0469 e. The van der Waals surface area contributed by atoms with Crippen LogP contribution in [0.15, 0.2) is 0 Å². The Bertz CT molecular complexity index is 229. The Labute approximate surface area is 112 Å². The van der Waals surface area contributed by atoms with Gasteiger partial charge in [0.25, 0.3) is 0 Å². The van der Waals surface area contributed by atoms with E-state index >= 15 is 0 Å². The highest BCUT2D eigenvalue weighted by Gasteiger charge is 2.29. The van der Waals surface area contributed by atoms with Crippen LogP contribution in [0, 0.1) is 11.8 Å². The van der Waals surface area contributed by atoms with Crippen molar-refractivity contribution in [3.05, 3.63) is 0 Å². The molecule has 0 aromatic heterocycles. The van der Waals surface area contributed by atoms with E-state index in [2.05, 4.69) is 11.8 Å². The van der Waals surface area contributed by atoms with Gasteiger partial charge in [0.15, 0.2) is 0 Å². The van der Waals surface area contributed by atoms with E-state index in [0.717, 1.165) is 31.6 Å². The molecule has 2 aliphatic heterocycles. The second-order valence-electron chi connectivity index (χ2n) is 5.99. The van der Waals surface area contributed by atoms with Gasteiger partial charge in [0.05, 0.1) is 0 Å². The fraction of sp³-hybridized carbons (Fsp3) is 1.00. The predicted octanol–water partition coefficient (Wildman–Crippen LogP) is 2.25. The van der Waals surface area contributed by atoms with E-state index in [0.29, 0.717) is 6.04 Å². The molecule has 3 heteroatoms. The Hall–Kier alpha value is -0.120. The van der Waals surface area contributed by atoms with Crippen LogP contribution in [0.1, 0.15) is 45.4 Å². The van der Waals surface area contributed by atoms with Gasteiger partial charge in [-0.05, 0) is 57.0 Å². The highest BCUT2D eigenvalue weighted by molar-refractivity contribution is 4.84. The third kappa shape index (κ3) is 3.69. The first-order valence-corrected chi connectivity index (χ1v) is 7.87. The van der Waals surface area contributed by atoms with Crippen molar-refractivity contribution in [3.8, 4) is 0 Å². The van der Waals surface area contributed by atoms with Crippen LogP contribution in [0.5, 0.6) is 0 Å². The Balaban J connectivity index is 1.90. The maximum Gasteiger partial charge on any atom is 0.0469 e. The van der Waals surface area contributed by atoms with Gasteiger partial charge in [-0.3, -0.25) is 4.90 Å². The minimum Gasteiger partial charge on any atom is -0.381 e. The van der Waals surface area contributed by atoms with Crippen LogP contribution in [0.4, 0.5) is 0 Å². The molecule has 0 spiro atoms. The average Bonchev–Trinajstić information content (AvgIpc) is 2.66. The van der Waals surface area contributed by atoms with Gasteiger partial charge in [-0.2, -0.15) is 0 Å². The molecule has 3 nitrogen and oxygen atoms in total. The molecule has 2 fully saturated rings. The van der Waals surface area contributed by atoms with Crippen molar-refractivity contribution in [1.29, 1.82) is 0 Å². The quantitative estimate of drug-likeness (QED) is 0.836. The second-order valence-corrected chi connectivity index (χ2v) is 5.99. The Morgan fingerprint density at radius 2 is 1.94 bits per heavy atom. The molecule has 2 rings (SSSR count). The number of nitrogens with two attached hydrogens (primary N) is 1. The molecular weight excluding hydrogens is 224 g/mol. The molecule has 2 N–H and O–H groups in total. The molecule has 0 bridgehead atoms. The van der Waals surface area contributed by atoms with E-state index in [9.17, 15) is 0 Å². The SMILES string of the molecule is CCC1CCCN(C(CN)C2CCOCC2)CC1. The largest absolute Gasteiger partial charge is 0.381 e. The molecule has 18 heavy (non-hydrogen) atoms. The maximum atomic E-state index is 6.07. The zero-order chi connectivity index (χ0) is 12.8. The summed E-state index contributed by atoms with van der Waals surface area (Å²) in [7, 11) is 0. The summed E-state index contributed by atoms with van der Waals surface area (Å²) in [6, 6.07) is 0.601. The second kappa shape index (κ2) is 7.46. The van der Waals surface area contributed by atoms with E-state index in [1.54, 1.807) is 0 Å². The number of hydrogen-bond donors (Lipinski definition) is 1. The van der Waals surface area contributed by atoms with E-state index in [-0.39, 0.29) is 0 Å². The summed E-state index contributed by atoms with van der Waals surface area (Å²) in [4.78, 5) is 2.69. The third-order valence-electron chi connectivity index (χ3n) is 4.98. The van der Waals surface area contributed by atoms with E-state index in [4.69, 9.17) is 10.5 Å². The lowest BCUT2D eigenvalue weighted by atomic mass is 9.90. The topological polar surface area (TPSA) is 38.5 Å². The first-order chi connectivity index (χ1) is 8.85. The standard InChI is InChI=1S/C15H30N2O/c1-2-13-4-3-8-17(9-5-13)15(12-16)14-6-10-18-11-7-14/h13-15H,2-12,16H2,1H3. The van der Waals surface area contributed by atoms with Crippen molar-refractivity contribution in [2.45, 2.75) is 51.5 Å². The van der Waals surface area contributed by atoms with Crippen molar-refractivity contribution in [2.75, 3.05) is 32.8 Å². The summed E-state index contributed by atoms with van der Waals surface area (Å²) in [5, 5.41) is 0. The molecule has 2 unspecified atom stereocenters. The highest BCUT2D eigenvalue weighted by atomic mass is 16.5. The van der Waals surface area contributed by atoms with Gasteiger partial charge in [0.1, 0.15) is 0 Å². The summed E-state index contributed by atoms with van der Waals surface area (Å²) in [5.74, 6) is 1.71. The highest BCUT2D eigenvalue weighted by Crippen LogP contribution is 2.27. The molecule has 2 aliphatic rings. The van der Waals surface area contributed by atoms with E-state index < -0.39 is 0 Å². The Morgan fingerprint density at radius 3 is 2.61 bits per heavy atom. The summed E-state index contributed by atoms with van der Waals surface area (Å²) in [6.07, 6.45) is 7.90. The minimum absolute atomic E-state index is 0.601. The molecule has 106 valence electrons. The molecule has 0 aromatic rings. The van der Waals surface area contributed by atoms with Crippen LogP contribution in [-0.2, 0) is 4.74 Å². The molecule has 0 saturated carbocycles. The van der Waals surface area contributed by atoms with Crippen molar-refractivity contribution < 1.29 is 4.74 Å². The average molecular weight is 254 g/mol. The molecule has 0 radical (unpaired) electrons. The fourth-order valence-corrected chi connectivity index (χ4v) is 3.67. The zero-order valence-electron chi connectivity index (χ0n) is 11.9. The van der Waals surface area contributed by atoms with Gasteiger partial charge in [-0.1, -0.05) is 13.3 Å². The van der Waals surface area contributed by atoms with Crippen molar-refractivity contribution >= 4 is 0 Å². The molecule has 0 aliphatic carbocycles. The summed E-state index contributed by atoms with van der Waals surface area (Å²) < 4.78 is 5.48. The van der Waals surface area contributed by atoms with Gasteiger partial charge < -0.3 is 10.5 Å². The number of rotatable bonds is 4.